The maximum Gasteiger partial charge on any atom is 0.322 e. The number of urea groups is 2. The van der Waals surface area contributed by atoms with Crippen LogP contribution in [0.2, 0.25) is 0 Å². The van der Waals surface area contributed by atoms with Crippen molar-refractivity contribution in [1.82, 2.24) is 24.9 Å². The molecule has 5 rings (SSSR count). The smallest absolute Gasteiger partial charge is 0.322 e. The van der Waals surface area contributed by atoms with Crippen LogP contribution in [0.15, 0.2) is 42.5 Å². The van der Waals surface area contributed by atoms with Crippen molar-refractivity contribution >= 4 is 23.7 Å². The Balaban J connectivity index is 1.22. The number of likely N-dealkylation sites (tertiary alicyclic amines) is 2. The largest absolute Gasteiger partial charge is 0.341 e. The third-order valence-corrected chi connectivity index (χ3v) is 9.66. The molecule has 2 N–H and O–H groups in total. The second kappa shape index (κ2) is 13.8. The topological polar surface area (TPSA) is 88.2 Å². The van der Waals surface area contributed by atoms with E-state index in [9.17, 15) is 14.4 Å². The van der Waals surface area contributed by atoms with Crippen LogP contribution in [0.4, 0.5) is 15.3 Å². The molecule has 43 heavy (non-hydrogen) atoms. The number of amides is 5. The Morgan fingerprint density at radius 2 is 1.67 bits per heavy atom. The molecule has 3 aliphatic heterocycles. The van der Waals surface area contributed by atoms with Crippen LogP contribution in [-0.2, 0) is 24.1 Å². The van der Waals surface area contributed by atoms with Crippen LogP contribution >= 0.6 is 0 Å². The quantitative estimate of drug-likeness (QED) is 0.506. The predicted molar refractivity (Wildman–Crippen MR) is 170 cm³/mol. The van der Waals surface area contributed by atoms with Crippen LogP contribution in [0.3, 0.4) is 0 Å². The van der Waals surface area contributed by atoms with Gasteiger partial charge in [-0.25, -0.2) is 9.59 Å². The first-order valence-electron chi connectivity index (χ1n) is 16.0. The molecule has 0 saturated carbocycles. The number of para-hydroxylation sites is 1. The van der Waals surface area contributed by atoms with Crippen molar-refractivity contribution in [3.8, 4) is 0 Å². The lowest BCUT2D eigenvalue weighted by atomic mass is 9.97. The highest BCUT2D eigenvalue weighted by Crippen LogP contribution is 2.25. The van der Waals surface area contributed by atoms with E-state index >= 15 is 0 Å². The van der Waals surface area contributed by atoms with Gasteiger partial charge >= 0.3 is 12.1 Å². The van der Waals surface area contributed by atoms with E-state index in [4.69, 9.17) is 0 Å². The molecule has 9 heteroatoms. The van der Waals surface area contributed by atoms with Gasteiger partial charge in [0.1, 0.15) is 6.04 Å². The predicted octanol–water partition coefficient (Wildman–Crippen LogP) is 4.29. The van der Waals surface area contributed by atoms with Crippen molar-refractivity contribution in [1.29, 1.82) is 0 Å². The Labute approximate surface area is 256 Å². The summed E-state index contributed by atoms with van der Waals surface area (Å²) in [5, 5.41) is 6.20. The van der Waals surface area contributed by atoms with Crippen molar-refractivity contribution in [2.75, 3.05) is 52.1 Å². The van der Waals surface area contributed by atoms with E-state index in [-0.39, 0.29) is 24.0 Å². The van der Waals surface area contributed by atoms with Gasteiger partial charge in [-0.05, 0) is 87.9 Å². The zero-order chi connectivity index (χ0) is 30.5. The van der Waals surface area contributed by atoms with Crippen LogP contribution in [0.25, 0.3) is 0 Å². The molecule has 0 unspecified atom stereocenters. The Morgan fingerprint density at radius 3 is 2.35 bits per heavy atom. The Hall–Kier alpha value is -3.59. The molecule has 0 aromatic heterocycles. The molecule has 0 radical (unpaired) electrons. The minimum Gasteiger partial charge on any atom is -0.341 e. The van der Waals surface area contributed by atoms with Gasteiger partial charge in [-0.15, -0.1) is 0 Å². The van der Waals surface area contributed by atoms with Gasteiger partial charge in [-0.3, -0.25) is 4.79 Å². The standard InChI is InChI=1S/C34H48N6O3/c1-5-26-11-10-25(22-24(26)2)23-31(32(41)38-17-13-28(14-18-38)37(3)4)36-33(42)39-19-15-29(16-20-39)40-21-12-27-8-6-7-9-30(27)35-34(40)43/h6-11,22,28-29,31H,5,12-21,23H2,1-4H3,(H,35,43)(H,36,42)/t31-/m1/s1. The molecule has 232 valence electrons. The molecule has 2 fully saturated rings. The zero-order valence-corrected chi connectivity index (χ0v) is 26.3. The Bertz CT molecular complexity index is 1300. The first kappa shape index (κ1) is 30.9. The highest BCUT2D eigenvalue weighted by Gasteiger charge is 2.34. The number of hydrogen-bond acceptors (Lipinski definition) is 4. The van der Waals surface area contributed by atoms with Gasteiger partial charge in [0.15, 0.2) is 0 Å². The number of nitrogens with one attached hydrogen (secondary N) is 2. The lowest BCUT2D eigenvalue weighted by Gasteiger charge is -2.39. The van der Waals surface area contributed by atoms with Gasteiger partial charge in [0.05, 0.1) is 0 Å². The molecule has 9 nitrogen and oxygen atoms in total. The summed E-state index contributed by atoms with van der Waals surface area (Å²) in [5.41, 5.74) is 5.60. The van der Waals surface area contributed by atoms with Crippen LogP contribution in [0.1, 0.15) is 54.9 Å². The highest BCUT2D eigenvalue weighted by atomic mass is 16.2. The van der Waals surface area contributed by atoms with Crippen LogP contribution in [0, 0.1) is 6.92 Å². The second-order valence-electron chi connectivity index (χ2n) is 12.6. The lowest BCUT2D eigenvalue weighted by molar-refractivity contribution is -0.134. The number of fused-ring (bicyclic) bond motifs is 1. The number of benzene rings is 2. The van der Waals surface area contributed by atoms with Crippen molar-refractivity contribution in [2.24, 2.45) is 0 Å². The van der Waals surface area contributed by atoms with E-state index < -0.39 is 6.04 Å². The van der Waals surface area contributed by atoms with Gasteiger partial charge < -0.3 is 30.2 Å². The fraction of sp³-hybridized carbons (Fsp3) is 0.559. The molecular formula is C34H48N6O3. The normalized spacial score (nSPS) is 19.1. The number of rotatable bonds is 7. The summed E-state index contributed by atoms with van der Waals surface area (Å²) in [6.45, 7) is 7.42. The SMILES string of the molecule is CCc1ccc(C[C@@H](NC(=O)N2CCC(N3CCc4ccccc4NC3=O)CC2)C(=O)N2CCC(N(C)C)CC2)cc1C. The molecule has 3 heterocycles. The molecule has 0 bridgehead atoms. The number of carbonyl (C=O) groups excluding carboxylic acids is 3. The maximum absolute atomic E-state index is 13.9. The van der Waals surface area contributed by atoms with Crippen LogP contribution in [-0.4, -0.2) is 103 Å². The molecule has 2 aromatic rings. The van der Waals surface area contributed by atoms with Gasteiger partial charge in [0, 0.05) is 56.9 Å². The van der Waals surface area contributed by atoms with Crippen LogP contribution < -0.4 is 10.6 Å². The number of hydrogen-bond donors (Lipinski definition) is 2. The van der Waals surface area contributed by atoms with Crippen molar-refractivity contribution in [3.05, 3.63) is 64.7 Å². The fourth-order valence-electron chi connectivity index (χ4n) is 6.90. The molecular weight excluding hydrogens is 540 g/mol. The zero-order valence-electron chi connectivity index (χ0n) is 26.3. The van der Waals surface area contributed by atoms with E-state index in [2.05, 4.69) is 67.7 Å². The van der Waals surface area contributed by atoms with Crippen molar-refractivity contribution in [2.45, 2.75) is 76.9 Å². The summed E-state index contributed by atoms with van der Waals surface area (Å²) in [7, 11) is 4.18. The van der Waals surface area contributed by atoms with E-state index in [0.717, 1.165) is 42.5 Å². The minimum atomic E-state index is -0.622. The maximum atomic E-state index is 13.9. The van der Waals surface area contributed by atoms with E-state index in [1.54, 1.807) is 0 Å². The molecule has 0 spiro atoms. The summed E-state index contributed by atoms with van der Waals surface area (Å²) in [5.74, 6) is -0.00142. The third kappa shape index (κ3) is 7.32. The van der Waals surface area contributed by atoms with Gasteiger partial charge in [0.25, 0.3) is 0 Å². The number of anilines is 1. The first-order valence-corrected chi connectivity index (χ1v) is 16.0. The lowest BCUT2D eigenvalue weighted by Crippen LogP contribution is -2.57. The van der Waals surface area contributed by atoms with Gasteiger partial charge in [0.2, 0.25) is 5.91 Å². The summed E-state index contributed by atoms with van der Waals surface area (Å²) in [6, 6.07) is 14.0. The average Bonchev–Trinajstić information content (AvgIpc) is 3.18. The van der Waals surface area contributed by atoms with E-state index in [0.29, 0.717) is 58.0 Å². The fourth-order valence-corrected chi connectivity index (χ4v) is 6.90. The summed E-state index contributed by atoms with van der Waals surface area (Å²) in [4.78, 5) is 48.4. The molecule has 5 amide bonds. The Kier molecular flexibility index (Phi) is 9.90. The number of aryl methyl sites for hydroxylation is 2. The summed E-state index contributed by atoms with van der Waals surface area (Å²) in [6.07, 6.45) is 5.54. The molecule has 3 aliphatic rings. The summed E-state index contributed by atoms with van der Waals surface area (Å²) >= 11 is 0. The van der Waals surface area contributed by atoms with Crippen molar-refractivity contribution in [3.63, 3.8) is 0 Å². The second-order valence-corrected chi connectivity index (χ2v) is 12.6. The van der Waals surface area contributed by atoms with E-state index in [1.165, 1.54) is 11.1 Å². The molecule has 2 aromatic carbocycles. The number of nitrogens with zero attached hydrogens (tertiary/aromatic N) is 4. The van der Waals surface area contributed by atoms with Gasteiger partial charge in [-0.2, -0.15) is 0 Å². The van der Waals surface area contributed by atoms with Gasteiger partial charge in [-0.1, -0.05) is 43.3 Å². The average molecular weight is 589 g/mol. The van der Waals surface area contributed by atoms with E-state index in [1.807, 2.05) is 32.9 Å². The summed E-state index contributed by atoms with van der Waals surface area (Å²) < 4.78 is 0. The number of carbonyl (C=O) groups is 3. The third-order valence-electron chi connectivity index (χ3n) is 9.66. The molecule has 1 atom stereocenters. The highest BCUT2D eigenvalue weighted by molar-refractivity contribution is 5.91. The minimum absolute atomic E-state index is 0.00142. The first-order chi connectivity index (χ1) is 20.7. The van der Waals surface area contributed by atoms with Crippen molar-refractivity contribution < 1.29 is 14.4 Å². The monoisotopic (exact) mass is 588 g/mol. The Morgan fingerprint density at radius 1 is 0.977 bits per heavy atom. The number of piperidine rings is 2. The molecule has 2 saturated heterocycles. The van der Waals surface area contributed by atoms with Crippen LogP contribution in [0.5, 0.6) is 0 Å². The molecule has 0 aliphatic carbocycles.